The first-order valence-electron chi connectivity index (χ1n) is 7.78. The summed E-state index contributed by atoms with van der Waals surface area (Å²) in [5.41, 5.74) is 0.888. The van der Waals surface area contributed by atoms with E-state index in [9.17, 15) is 14.4 Å². The van der Waals surface area contributed by atoms with E-state index in [4.69, 9.17) is 0 Å². The average Bonchev–Trinajstić information content (AvgIpc) is 3.08. The van der Waals surface area contributed by atoms with Crippen molar-refractivity contribution in [1.82, 2.24) is 10.2 Å². The number of carbonyl (C=O) groups excluding carboxylic acids is 3. The third-order valence-electron chi connectivity index (χ3n) is 4.47. The van der Waals surface area contributed by atoms with Crippen molar-refractivity contribution < 1.29 is 14.4 Å². The molecule has 6 heteroatoms. The lowest BCUT2D eigenvalue weighted by Gasteiger charge is -2.19. The van der Waals surface area contributed by atoms with Crippen LogP contribution in [0.2, 0.25) is 0 Å². The summed E-state index contributed by atoms with van der Waals surface area (Å²) < 4.78 is 0. The maximum absolute atomic E-state index is 12.5. The number of carbonyl (C=O) groups is 3. The van der Waals surface area contributed by atoms with Gasteiger partial charge in [0.1, 0.15) is 5.54 Å². The first kappa shape index (κ1) is 16.1. The molecule has 0 saturated carbocycles. The van der Waals surface area contributed by atoms with Gasteiger partial charge in [-0.15, -0.1) is 0 Å². The maximum atomic E-state index is 12.5. The van der Waals surface area contributed by atoms with Gasteiger partial charge in [0.25, 0.3) is 5.91 Å². The Hall–Kier alpha value is -1.82. The van der Waals surface area contributed by atoms with E-state index < -0.39 is 11.6 Å². The summed E-state index contributed by atoms with van der Waals surface area (Å²) in [5, 5.41) is 2.77. The average molecular weight is 332 g/mol. The van der Waals surface area contributed by atoms with Gasteiger partial charge in [-0.25, -0.2) is 4.79 Å². The quantitative estimate of drug-likeness (QED) is 0.679. The monoisotopic (exact) mass is 332 g/mol. The van der Waals surface area contributed by atoms with Crippen LogP contribution in [0.3, 0.4) is 0 Å². The molecule has 2 aliphatic heterocycles. The van der Waals surface area contributed by atoms with E-state index in [2.05, 4.69) is 19.2 Å². The molecule has 1 unspecified atom stereocenters. The van der Waals surface area contributed by atoms with Crippen LogP contribution >= 0.6 is 11.8 Å². The van der Waals surface area contributed by atoms with Crippen LogP contribution in [0.25, 0.3) is 0 Å². The van der Waals surface area contributed by atoms with E-state index in [1.54, 1.807) is 23.9 Å². The molecule has 2 saturated heterocycles. The van der Waals surface area contributed by atoms with Crippen LogP contribution in [0.1, 0.15) is 42.1 Å². The predicted octanol–water partition coefficient (Wildman–Crippen LogP) is 2.42. The molecule has 1 atom stereocenters. The van der Waals surface area contributed by atoms with Crippen molar-refractivity contribution in [1.29, 1.82) is 0 Å². The van der Waals surface area contributed by atoms with Crippen molar-refractivity contribution in [2.45, 2.75) is 31.7 Å². The normalized spacial score (nSPS) is 23.9. The fourth-order valence-electron chi connectivity index (χ4n) is 2.94. The number of rotatable bonds is 4. The van der Waals surface area contributed by atoms with Crippen LogP contribution < -0.4 is 5.32 Å². The molecular weight excluding hydrogens is 312 g/mol. The second-order valence-corrected chi connectivity index (χ2v) is 7.51. The highest BCUT2D eigenvalue weighted by molar-refractivity contribution is 7.99. The topological polar surface area (TPSA) is 66.5 Å². The van der Waals surface area contributed by atoms with Crippen LogP contribution in [0.15, 0.2) is 24.3 Å². The molecule has 1 N–H and O–H groups in total. The molecule has 0 aromatic heterocycles. The van der Waals surface area contributed by atoms with Gasteiger partial charge in [0.2, 0.25) is 0 Å². The number of imide groups is 1. The Morgan fingerprint density at radius 3 is 2.57 bits per heavy atom. The molecule has 1 aromatic carbocycles. The number of hydrogen-bond donors (Lipinski definition) is 1. The molecule has 0 bridgehead atoms. The third kappa shape index (κ3) is 2.87. The number of amides is 3. The molecule has 5 nitrogen and oxygen atoms in total. The number of benzene rings is 1. The molecule has 23 heavy (non-hydrogen) atoms. The maximum Gasteiger partial charge on any atom is 0.325 e. The highest BCUT2D eigenvalue weighted by Crippen LogP contribution is 2.33. The SMILES string of the molecule is CC(C)c1ccc(C(=O)CN2C(=O)NC3(CCSC3)C2=O)cc1. The van der Waals surface area contributed by atoms with E-state index in [0.717, 1.165) is 16.2 Å². The van der Waals surface area contributed by atoms with Gasteiger partial charge in [0.05, 0.1) is 6.54 Å². The number of nitrogens with one attached hydrogen (secondary N) is 1. The minimum atomic E-state index is -0.788. The molecule has 2 heterocycles. The summed E-state index contributed by atoms with van der Waals surface area (Å²) in [7, 11) is 0. The Kier molecular flexibility index (Phi) is 4.19. The first-order chi connectivity index (χ1) is 10.9. The van der Waals surface area contributed by atoms with Crippen LogP contribution in [0.5, 0.6) is 0 Å². The lowest BCUT2D eigenvalue weighted by Crippen LogP contribution is -2.47. The van der Waals surface area contributed by atoms with Gasteiger partial charge < -0.3 is 5.32 Å². The van der Waals surface area contributed by atoms with Crippen LogP contribution in [0.4, 0.5) is 4.79 Å². The number of hydrogen-bond acceptors (Lipinski definition) is 4. The standard InChI is InChI=1S/C17H20N2O3S/c1-11(2)12-3-5-13(6-4-12)14(20)9-19-15(21)17(18-16(19)22)7-8-23-10-17/h3-6,11H,7-10H2,1-2H3,(H,18,22). The highest BCUT2D eigenvalue weighted by atomic mass is 32.2. The van der Waals surface area contributed by atoms with Crippen molar-refractivity contribution in [3.8, 4) is 0 Å². The van der Waals surface area contributed by atoms with Gasteiger partial charge in [0, 0.05) is 11.3 Å². The second-order valence-electron chi connectivity index (χ2n) is 6.41. The molecule has 1 aromatic rings. The Bertz CT molecular complexity index is 648. The zero-order chi connectivity index (χ0) is 16.6. The number of urea groups is 1. The molecule has 1 spiro atoms. The van der Waals surface area contributed by atoms with Crippen LogP contribution in [0, 0.1) is 0 Å². The van der Waals surface area contributed by atoms with Crippen molar-refractivity contribution in [2.75, 3.05) is 18.1 Å². The molecule has 3 amide bonds. The van der Waals surface area contributed by atoms with E-state index >= 15 is 0 Å². The van der Waals surface area contributed by atoms with Gasteiger partial charge in [-0.05, 0) is 23.7 Å². The molecule has 0 radical (unpaired) electrons. The molecule has 2 fully saturated rings. The second kappa shape index (κ2) is 6.00. The number of nitrogens with zero attached hydrogens (tertiary/aromatic N) is 1. The first-order valence-corrected chi connectivity index (χ1v) is 8.93. The zero-order valence-corrected chi connectivity index (χ0v) is 14.1. The van der Waals surface area contributed by atoms with E-state index in [1.807, 2.05) is 12.1 Å². The summed E-state index contributed by atoms with van der Waals surface area (Å²) in [5.74, 6) is 1.35. The van der Waals surface area contributed by atoms with Gasteiger partial charge in [-0.2, -0.15) is 11.8 Å². The summed E-state index contributed by atoms with van der Waals surface area (Å²) >= 11 is 1.65. The summed E-state index contributed by atoms with van der Waals surface area (Å²) in [6.07, 6.45) is 0.635. The van der Waals surface area contributed by atoms with E-state index in [0.29, 0.717) is 23.7 Å². The molecule has 0 aliphatic carbocycles. The van der Waals surface area contributed by atoms with Crippen LogP contribution in [-0.4, -0.2) is 46.2 Å². The van der Waals surface area contributed by atoms with Gasteiger partial charge in [0.15, 0.2) is 5.78 Å². The smallest absolute Gasteiger partial charge is 0.322 e. The van der Waals surface area contributed by atoms with Gasteiger partial charge in [-0.3, -0.25) is 14.5 Å². The van der Waals surface area contributed by atoms with Crippen LogP contribution in [-0.2, 0) is 4.79 Å². The van der Waals surface area contributed by atoms with Crippen molar-refractivity contribution in [3.63, 3.8) is 0 Å². The third-order valence-corrected chi connectivity index (χ3v) is 5.66. The van der Waals surface area contributed by atoms with E-state index in [-0.39, 0.29) is 18.2 Å². The highest BCUT2D eigenvalue weighted by Gasteiger charge is 2.53. The Morgan fingerprint density at radius 2 is 2.00 bits per heavy atom. The predicted molar refractivity (Wildman–Crippen MR) is 89.8 cm³/mol. The van der Waals surface area contributed by atoms with Crippen molar-refractivity contribution in [2.24, 2.45) is 0 Å². The minimum Gasteiger partial charge on any atom is -0.322 e. The lowest BCUT2D eigenvalue weighted by atomic mass is 9.99. The lowest BCUT2D eigenvalue weighted by molar-refractivity contribution is -0.130. The number of Topliss-reactive ketones (excluding diaryl/α,β-unsaturated/α-hetero) is 1. The zero-order valence-electron chi connectivity index (χ0n) is 13.3. The van der Waals surface area contributed by atoms with Crippen molar-refractivity contribution in [3.05, 3.63) is 35.4 Å². The molecule has 122 valence electrons. The largest absolute Gasteiger partial charge is 0.325 e. The minimum absolute atomic E-state index is 0.196. The molecular formula is C17H20N2O3S. The molecule has 2 aliphatic rings. The Balaban J connectivity index is 1.72. The fourth-order valence-corrected chi connectivity index (χ4v) is 4.27. The summed E-state index contributed by atoms with van der Waals surface area (Å²) in [6, 6.07) is 6.90. The molecule has 3 rings (SSSR count). The van der Waals surface area contributed by atoms with Gasteiger partial charge >= 0.3 is 6.03 Å². The number of thioether (sulfide) groups is 1. The fraction of sp³-hybridized carbons (Fsp3) is 0.471. The Morgan fingerprint density at radius 1 is 1.30 bits per heavy atom. The van der Waals surface area contributed by atoms with Crippen molar-refractivity contribution >= 4 is 29.5 Å². The Labute approximate surface area is 139 Å². The van der Waals surface area contributed by atoms with Gasteiger partial charge in [-0.1, -0.05) is 38.1 Å². The summed E-state index contributed by atoms with van der Waals surface area (Å²) in [6.45, 7) is 3.98. The number of ketones is 1. The summed E-state index contributed by atoms with van der Waals surface area (Å²) in [4.78, 5) is 38.1. The van der Waals surface area contributed by atoms with E-state index in [1.165, 1.54) is 0 Å².